The number of nitrogens with zero attached hydrogens (tertiary/aromatic N) is 3. The predicted octanol–water partition coefficient (Wildman–Crippen LogP) is 5.00. The van der Waals surface area contributed by atoms with E-state index in [0.29, 0.717) is 5.92 Å². The fourth-order valence-corrected chi connectivity index (χ4v) is 2.73. The quantitative estimate of drug-likeness (QED) is 0.612. The minimum Gasteiger partial charge on any atom is -0.471 e. The predicted molar refractivity (Wildman–Crippen MR) is 95.5 cm³/mol. The molecule has 0 N–H and O–H groups in total. The maximum atomic E-state index is 14.6. The SMILES string of the molecule is CC(C)Oc1nn(-c2ncc(C3CC3)cc2F)cc1Oc1ccccc1F. The van der Waals surface area contributed by atoms with Crippen molar-refractivity contribution in [2.45, 2.75) is 38.7 Å². The fraction of sp³-hybridized carbons (Fsp3) is 0.300. The summed E-state index contributed by atoms with van der Waals surface area (Å²) >= 11 is 0. The summed E-state index contributed by atoms with van der Waals surface area (Å²) < 4.78 is 41.0. The Morgan fingerprint density at radius 1 is 1.11 bits per heavy atom. The van der Waals surface area contributed by atoms with Gasteiger partial charge in [0.05, 0.1) is 12.3 Å². The van der Waals surface area contributed by atoms with Crippen LogP contribution in [0.2, 0.25) is 0 Å². The summed E-state index contributed by atoms with van der Waals surface area (Å²) in [5.41, 5.74) is 0.893. The Kier molecular flexibility index (Phi) is 4.51. The Morgan fingerprint density at radius 2 is 1.89 bits per heavy atom. The molecule has 2 aromatic heterocycles. The molecular weight excluding hydrogens is 352 g/mol. The van der Waals surface area contributed by atoms with Crippen molar-refractivity contribution in [2.24, 2.45) is 0 Å². The first-order valence-corrected chi connectivity index (χ1v) is 8.86. The summed E-state index contributed by atoms with van der Waals surface area (Å²) in [4.78, 5) is 4.21. The van der Waals surface area contributed by atoms with Crippen LogP contribution in [0.4, 0.5) is 8.78 Å². The number of aromatic nitrogens is 3. The largest absolute Gasteiger partial charge is 0.471 e. The van der Waals surface area contributed by atoms with Gasteiger partial charge in [0.1, 0.15) is 0 Å². The van der Waals surface area contributed by atoms with Gasteiger partial charge >= 0.3 is 0 Å². The molecule has 0 radical (unpaired) electrons. The zero-order valence-corrected chi connectivity index (χ0v) is 15.0. The summed E-state index contributed by atoms with van der Waals surface area (Å²) in [6.07, 6.45) is 5.04. The monoisotopic (exact) mass is 371 g/mol. The summed E-state index contributed by atoms with van der Waals surface area (Å²) in [7, 11) is 0. The summed E-state index contributed by atoms with van der Waals surface area (Å²) in [6, 6.07) is 7.50. The first kappa shape index (κ1) is 17.5. The molecule has 7 heteroatoms. The van der Waals surface area contributed by atoms with Crippen molar-refractivity contribution < 1.29 is 18.3 Å². The molecule has 1 fully saturated rings. The van der Waals surface area contributed by atoms with Crippen LogP contribution in [0, 0.1) is 11.6 Å². The highest BCUT2D eigenvalue weighted by molar-refractivity contribution is 5.40. The fourth-order valence-electron chi connectivity index (χ4n) is 2.73. The normalized spacial score (nSPS) is 13.8. The highest BCUT2D eigenvalue weighted by atomic mass is 19.1. The van der Waals surface area contributed by atoms with E-state index in [2.05, 4.69) is 10.1 Å². The van der Waals surface area contributed by atoms with Crippen molar-refractivity contribution in [1.29, 1.82) is 0 Å². The van der Waals surface area contributed by atoms with Crippen molar-refractivity contribution in [2.75, 3.05) is 0 Å². The molecule has 0 amide bonds. The molecule has 1 aromatic carbocycles. The average molecular weight is 371 g/mol. The Bertz CT molecular complexity index is 968. The van der Waals surface area contributed by atoms with E-state index in [1.807, 2.05) is 13.8 Å². The maximum absolute atomic E-state index is 14.6. The maximum Gasteiger partial charge on any atom is 0.277 e. The molecule has 0 bridgehead atoms. The van der Waals surface area contributed by atoms with E-state index in [1.54, 1.807) is 18.3 Å². The zero-order valence-electron chi connectivity index (χ0n) is 15.0. The van der Waals surface area contributed by atoms with Crippen LogP contribution in [-0.4, -0.2) is 20.9 Å². The highest BCUT2D eigenvalue weighted by Crippen LogP contribution is 2.40. The van der Waals surface area contributed by atoms with Crippen LogP contribution in [0.3, 0.4) is 0 Å². The third kappa shape index (κ3) is 3.77. The lowest BCUT2D eigenvalue weighted by molar-refractivity contribution is 0.223. The van der Waals surface area contributed by atoms with Gasteiger partial charge in [0, 0.05) is 6.20 Å². The lowest BCUT2D eigenvalue weighted by atomic mass is 10.2. The van der Waals surface area contributed by atoms with Crippen molar-refractivity contribution in [1.82, 2.24) is 14.8 Å². The molecule has 0 spiro atoms. The van der Waals surface area contributed by atoms with Gasteiger partial charge < -0.3 is 9.47 Å². The zero-order chi connectivity index (χ0) is 19.0. The van der Waals surface area contributed by atoms with Gasteiger partial charge in [-0.2, -0.15) is 0 Å². The molecule has 0 unspecified atom stereocenters. The summed E-state index contributed by atoms with van der Waals surface area (Å²) in [6.45, 7) is 3.66. The molecule has 4 rings (SSSR count). The van der Waals surface area contributed by atoms with Gasteiger partial charge in [-0.05, 0) is 56.4 Å². The van der Waals surface area contributed by atoms with Gasteiger partial charge in [0.15, 0.2) is 23.2 Å². The van der Waals surface area contributed by atoms with Gasteiger partial charge in [-0.3, -0.25) is 0 Å². The third-order valence-corrected chi connectivity index (χ3v) is 4.16. The number of para-hydroxylation sites is 1. The molecule has 27 heavy (non-hydrogen) atoms. The van der Waals surface area contributed by atoms with E-state index >= 15 is 0 Å². The summed E-state index contributed by atoms with van der Waals surface area (Å²) in [5, 5.41) is 4.24. The minimum absolute atomic E-state index is 0.0307. The third-order valence-electron chi connectivity index (χ3n) is 4.16. The van der Waals surface area contributed by atoms with Crippen LogP contribution in [0.15, 0.2) is 42.7 Å². The van der Waals surface area contributed by atoms with Crippen molar-refractivity contribution in [3.05, 3.63) is 59.9 Å². The molecule has 2 heterocycles. The number of hydrogen-bond donors (Lipinski definition) is 0. The number of ether oxygens (including phenoxy) is 2. The molecule has 1 aliphatic carbocycles. The number of benzene rings is 1. The highest BCUT2D eigenvalue weighted by Gasteiger charge is 2.26. The molecule has 140 valence electrons. The van der Waals surface area contributed by atoms with Crippen LogP contribution in [-0.2, 0) is 0 Å². The molecule has 5 nitrogen and oxygen atoms in total. The number of hydrogen-bond acceptors (Lipinski definition) is 4. The van der Waals surface area contributed by atoms with E-state index < -0.39 is 11.6 Å². The Labute approximate surface area is 155 Å². The molecule has 3 aromatic rings. The number of halogens is 2. The second-order valence-corrected chi connectivity index (χ2v) is 6.79. The lowest BCUT2D eigenvalue weighted by Gasteiger charge is -2.09. The molecule has 1 aliphatic rings. The second-order valence-electron chi connectivity index (χ2n) is 6.79. The van der Waals surface area contributed by atoms with Crippen molar-refractivity contribution in [3.63, 3.8) is 0 Å². The van der Waals surface area contributed by atoms with Gasteiger partial charge in [-0.1, -0.05) is 12.1 Å². The van der Waals surface area contributed by atoms with Gasteiger partial charge in [0.2, 0.25) is 5.75 Å². The van der Waals surface area contributed by atoms with Crippen molar-refractivity contribution in [3.8, 4) is 23.2 Å². The molecule has 0 aliphatic heterocycles. The van der Waals surface area contributed by atoms with E-state index in [1.165, 1.54) is 29.1 Å². The average Bonchev–Trinajstić information content (AvgIpc) is 3.40. The van der Waals surface area contributed by atoms with Crippen LogP contribution < -0.4 is 9.47 Å². The van der Waals surface area contributed by atoms with Crippen LogP contribution in [0.25, 0.3) is 5.82 Å². The number of pyridine rings is 1. The van der Waals surface area contributed by atoms with Crippen LogP contribution in [0.1, 0.15) is 38.2 Å². The van der Waals surface area contributed by atoms with Crippen LogP contribution in [0.5, 0.6) is 17.4 Å². The van der Waals surface area contributed by atoms with Gasteiger partial charge in [-0.25, -0.2) is 18.4 Å². The molecule has 1 saturated carbocycles. The Hall–Kier alpha value is -2.96. The molecule has 0 atom stereocenters. The Morgan fingerprint density at radius 3 is 2.56 bits per heavy atom. The smallest absolute Gasteiger partial charge is 0.277 e. The van der Waals surface area contributed by atoms with E-state index in [9.17, 15) is 8.78 Å². The van der Waals surface area contributed by atoms with E-state index in [4.69, 9.17) is 9.47 Å². The van der Waals surface area contributed by atoms with Crippen LogP contribution >= 0.6 is 0 Å². The lowest BCUT2D eigenvalue weighted by Crippen LogP contribution is -2.08. The van der Waals surface area contributed by atoms with Gasteiger partial charge in [0.25, 0.3) is 5.88 Å². The summed E-state index contributed by atoms with van der Waals surface area (Å²) in [5.74, 6) is -0.200. The second kappa shape index (κ2) is 6.98. The standard InChI is InChI=1S/C20H19F2N3O2/c1-12(2)26-20-18(27-17-6-4-3-5-15(17)21)11-25(24-20)19-16(22)9-14(10-23-19)13-7-8-13/h3-6,9-13H,7-8H2,1-2H3. The van der Waals surface area contributed by atoms with Gasteiger partial charge in [-0.15, -0.1) is 5.10 Å². The first-order chi connectivity index (χ1) is 13.0. The topological polar surface area (TPSA) is 49.2 Å². The van der Waals surface area contributed by atoms with E-state index in [-0.39, 0.29) is 29.3 Å². The minimum atomic E-state index is -0.515. The molecular formula is C20H19F2N3O2. The van der Waals surface area contributed by atoms with Crippen molar-refractivity contribution >= 4 is 0 Å². The molecule has 0 saturated heterocycles. The Balaban J connectivity index is 1.69. The number of rotatable bonds is 6. The van der Waals surface area contributed by atoms with E-state index in [0.717, 1.165) is 18.4 Å². The first-order valence-electron chi connectivity index (χ1n) is 8.86.